The molecule has 1 amide bonds. The van der Waals surface area contributed by atoms with Gasteiger partial charge in [-0.2, -0.15) is 5.10 Å². The van der Waals surface area contributed by atoms with Crippen molar-refractivity contribution in [2.45, 2.75) is 26.9 Å². The molecule has 23 heavy (non-hydrogen) atoms. The number of hydrogen-bond donors (Lipinski definition) is 3. The summed E-state index contributed by atoms with van der Waals surface area (Å²) >= 11 is 0. The number of rotatable bonds is 5. The fraction of sp³-hybridized carbons (Fsp3) is 0.412. The molecule has 0 aliphatic carbocycles. The van der Waals surface area contributed by atoms with Gasteiger partial charge in [0.1, 0.15) is 5.75 Å². The number of hydrogen-bond acceptors (Lipinski definition) is 4. The fourth-order valence-corrected chi connectivity index (χ4v) is 2.03. The average Bonchev–Trinajstić information content (AvgIpc) is 3.01. The van der Waals surface area contributed by atoms with Crippen LogP contribution in [0.4, 0.5) is 0 Å². The molecular formula is C17H23N3O3. The van der Waals surface area contributed by atoms with E-state index < -0.39 is 6.10 Å². The van der Waals surface area contributed by atoms with Crippen molar-refractivity contribution >= 4 is 5.91 Å². The molecule has 6 heteroatoms. The molecule has 0 radical (unpaired) electrons. The van der Waals surface area contributed by atoms with Gasteiger partial charge in [-0.3, -0.25) is 9.89 Å². The van der Waals surface area contributed by atoms with Crippen molar-refractivity contribution in [1.29, 1.82) is 0 Å². The number of aliphatic hydroxyl groups excluding tert-OH is 1. The molecule has 1 atom stereocenters. The highest BCUT2D eigenvalue weighted by atomic mass is 16.5. The van der Waals surface area contributed by atoms with Crippen molar-refractivity contribution in [3.05, 3.63) is 36.0 Å². The summed E-state index contributed by atoms with van der Waals surface area (Å²) in [7, 11) is 1.60. The standard InChI is InChI=1S/C17H23N3O3/c1-17(2,3)14(21)10-18-16(22)13-9-19-20-15(13)11-5-7-12(23-4)8-6-11/h5-9,14,21H,10H2,1-4H3,(H,18,22)(H,19,20). The van der Waals surface area contributed by atoms with Gasteiger partial charge in [0.25, 0.3) is 5.91 Å². The second kappa shape index (κ2) is 6.83. The largest absolute Gasteiger partial charge is 0.497 e. The molecule has 0 saturated heterocycles. The lowest BCUT2D eigenvalue weighted by molar-refractivity contribution is 0.0587. The molecule has 124 valence electrons. The number of aromatic amines is 1. The molecule has 0 spiro atoms. The summed E-state index contributed by atoms with van der Waals surface area (Å²) in [6.45, 7) is 5.95. The number of carbonyl (C=O) groups excluding carboxylic acids is 1. The van der Waals surface area contributed by atoms with Gasteiger partial charge < -0.3 is 15.2 Å². The zero-order valence-corrected chi connectivity index (χ0v) is 13.9. The Balaban J connectivity index is 2.12. The summed E-state index contributed by atoms with van der Waals surface area (Å²) < 4.78 is 5.13. The summed E-state index contributed by atoms with van der Waals surface area (Å²) in [6.07, 6.45) is 0.862. The van der Waals surface area contributed by atoms with Gasteiger partial charge in [-0.1, -0.05) is 20.8 Å². The third-order valence-corrected chi connectivity index (χ3v) is 3.72. The number of aromatic nitrogens is 2. The molecule has 1 unspecified atom stereocenters. The molecule has 0 saturated carbocycles. The van der Waals surface area contributed by atoms with Crippen molar-refractivity contribution in [3.8, 4) is 17.0 Å². The number of nitrogens with zero attached hydrogens (tertiary/aromatic N) is 1. The lowest BCUT2D eigenvalue weighted by atomic mass is 9.89. The van der Waals surface area contributed by atoms with Gasteiger partial charge in [0.2, 0.25) is 0 Å². The van der Waals surface area contributed by atoms with E-state index in [1.54, 1.807) is 7.11 Å². The van der Waals surface area contributed by atoms with E-state index >= 15 is 0 Å². The molecule has 1 aromatic carbocycles. The zero-order chi connectivity index (χ0) is 17.0. The Labute approximate surface area is 135 Å². The summed E-state index contributed by atoms with van der Waals surface area (Å²) in [5, 5.41) is 19.6. The highest BCUT2D eigenvalue weighted by molar-refractivity contribution is 5.99. The third-order valence-electron chi connectivity index (χ3n) is 3.72. The minimum absolute atomic E-state index is 0.190. The van der Waals surface area contributed by atoms with Gasteiger partial charge >= 0.3 is 0 Å². The van der Waals surface area contributed by atoms with Gasteiger partial charge in [0.15, 0.2) is 0 Å². The minimum Gasteiger partial charge on any atom is -0.497 e. The summed E-state index contributed by atoms with van der Waals surface area (Å²) in [5.41, 5.74) is 1.62. The first-order valence-electron chi connectivity index (χ1n) is 7.47. The van der Waals surface area contributed by atoms with Gasteiger partial charge in [0, 0.05) is 12.1 Å². The quantitative estimate of drug-likeness (QED) is 0.789. The van der Waals surface area contributed by atoms with Crippen LogP contribution in [0.2, 0.25) is 0 Å². The second-order valence-electron chi connectivity index (χ2n) is 6.48. The Bertz CT molecular complexity index is 656. The first-order valence-corrected chi connectivity index (χ1v) is 7.47. The van der Waals surface area contributed by atoms with Crippen LogP contribution in [0, 0.1) is 5.41 Å². The van der Waals surface area contributed by atoms with E-state index in [0.29, 0.717) is 11.3 Å². The van der Waals surface area contributed by atoms with Crippen LogP contribution in [0.3, 0.4) is 0 Å². The van der Waals surface area contributed by atoms with Crippen molar-refractivity contribution in [3.63, 3.8) is 0 Å². The van der Waals surface area contributed by atoms with Crippen LogP contribution < -0.4 is 10.1 Å². The van der Waals surface area contributed by atoms with E-state index in [1.165, 1.54) is 6.20 Å². The summed E-state index contributed by atoms with van der Waals surface area (Å²) in [5.74, 6) is 0.473. The zero-order valence-electron chi connectivity index (χ0n) is 13.9. The Kier molecular flexibility index (Phi) is 5.05. The van der Waals surface area contributed by atoms with E-state index in [1.807, 2.05) is 45.0 Å². The minimum atomic E-state index is -0.622. The Morgan fingerprint density at radius 3 is 2.57 bits per heavy atom. The third kappa shape index (κ3) is 4.10. The lowest BCUT2D eigenvalue weighted by Crippen LogP contribution is -2.39. The summed E-state index contributed by atoms with van der Waals surface area (Å²) in [6, 6.07) is 7.35. The van der Waals surface area contributed by atoms with Gasteiger partial charge in [-0.15, -0.1) is 0 Å². The Morgan fingerprint density at radius 2 is 2.00 bits per heavy atom. The highest BCUT2D eigenvalue weighted by Crippen LogP contribution is 2.24. The van der Waals surface area contributed by atoms with Gasteiger partial charge in [-0.25, -0.2) is 0 Å². The van der Waals surface area contributed by atoms with Crippen LogP contribution in [0.15, 0.2) is 30.5 Å². The monoisotopic (exact) mass is 317 g/mol. The molecule has 6 nitrogen and oxygen atoms in total. The maximum Gasteiger partial charge on any atom is 0.255 e. The molecule has 0 aliphatic heterocycles. The van der Waals surface area contributed by atoms with Crippen LogP contribution in [0.1, 0.15) is 31.1 Å². The number of aliphatic hydroxyl groups is 1. The molecule has 3 N–H and O–H groups in total. The van der Waals surface area contributed by atoms with E-state index in [9.17, 15) is 9.90 Å². The van der Waals surface area contributed by atoms with Gasteiger partial charge in [0.05, 0.1) is 30.7 Å². The molecule has 0 fully saturated rings. The average molecular weight is 317 g/mol. The molecule has 2 aromatic rings. The number of methoxy groups -OCH3 is 1. The van der Waals surface area contributed by atoms with E-state index in [2.05, 4.69) is 15.5 Å². The Hall–Kier alpha value is -2.34. The van der Waals surface area contributed by atoms with Crippen LogP contribution in [-0.4, -0.2) is 41.0 Å². The van der Waals surface area contributed by atoms with Crippen LogP contribution in [-0.2, 0) is 0 Å². The van der Waals surface area contributed by atoms with Crippen molar-refractivity contribution < 1.29 is 14.6 Å². The smallest absolute Gasteiger partial charge is 0.255 e. The van der Waals surface area contributed by atoms with Crippen molar-refractivity contribution in [1.82, 2.24) is 15.5 Å². The number of amides is 1. The molecule has 0 aliphatic rings. The maximum absolute atomic E-state index is 12.3. The number of benzene rings is 1. The van der Waals surface area contributed by atoms with Crippen LogP contribution >= 0.6 is 0 Å². The number of H-pyrrole nitrogens is 1. The normalized spacial score (nSPS) is 12.7. The van der Waals surface area contributed by atoms with Crippen LogP contribution in [0.25, 0.3) is 11.3 Å². The number of nitrogens with one attached hydrogen (secondary N) is 2. The van der Waals surface area contributed by atoms with Crippen molar-refractivity contribution in [2.24, 2.45) is 5.41 Å². The molecule has 2 rings (SSSR count). The molecule has 0 bridgehead atoms. The summed E-state index contributed by atoms with van der Waals surface area (Å²) in [4.78, 5) is 12.3. The van der Waals surface area contributed by atoms with E-state index in [-0.39, 0.29) is 17.9 Å². The van der Waals surface area contributed by atoms with E-state index in [0.717, 1.165) is 11.3 Å². The predicted octanol–water partition coefficient (Wildman–Crippen LogP) is 2.22. The molecule has 1 aromatic heterocycles. The van der Waals surface area contributed by atoms with E-state index in [4.69, 9.17) is 4.74 Å². The number of carbonyl (C=O) groups is 1. The van der Waals surface area contributed by atoms with Gasteiger partial charge in [-0.05, 0) is 29.7 Å². The predicted molar refractivity (Wildman–Crippen MR) is 88.4 cm³/mol. The lowest BCUT2D eigenvalue weighted by Gasteiger charge is -2.25. The second-order valence-corrected chi connectivity index (χ2v) is 6.48. The first kappa shape index (κ1) is 17.0. The first-order chi connectivity index (χ1) is 10.8. The number of ether oxygens (including phenoxy) is 1. The maximum atomic E-state index is 12.3. The molecule has 1 heterocycles. The van der Waals surface area contributed by atoms with Crippen LogP contribution in [0.5, 0.6) is 5.75 Å². The topological polar surface area (TPSA) is 87.2 Å². The Morgan fingerprint density at radius 1 is 1.35 bits per heavy atom. The molecular weight excluding hydrogens is 294 g/mol. The SMILES string of the molecule is COc1ccc(-c2[nH]ncc2C(=O)NCC(O)C(C)(C)C)cc1. The van der Waals surface area contributed by atoms with Crippen molar-refractivity contribution in [2.75, 3.05) is 13.7 Å². The fourth-order valence-electron chi connectivity index (χ4n) is 2.03. The highest BCUT2D eigenvalue weighted by Gasteiger charge is 2.23.